The van der Waals surface area contributed by atoms with E-state index in [1.54, 1.807) is 24.8 Å². The normalized spacial score (nSPS) is 15.2. The summed E-state index contributed by atoms with van der Waals surface area (Å²) in [6, 6.07) is 6.33. The Balaban J connectivity index is 1.18. The molecule has 1 saturated heterocycles. The molecule has 0 atom stereocenters. The Morgan fingerprint density at radius 2 is 1.86 bits per heavy atom. The van der Waals surface area contributed by atoms with Crippen molar-refractivity contribution >= 4 is 51.9 Å². The zero-order valence-corrected chi connectivity index (χ0v) is 20.9. The van der Waals surface area contributed by atoms with Gasteiger partial charge in [0.05, 0.1) is 28.5 Å². The third kappa shape index (κ3) is 4.18. The van der Waals surface area contributed by atoms with Gasteiger partial charge in [-0.25, -0.2) is 4.98 Å². The van der Waals surface area contributed by atoms with E-state index in [0.717, 1.165) is 41.4 Å². The van der Waals surface area contributed by atoms with E-state index < -0.39 is 0 Å². The van der Waals surface area contributed by atoms with Gasteiger partial charge < -0.3 is 20.4 Å². The Hall–Kier alpha value is -3.56. The summed E-state index contributed by atoms with van der Waals surface area (Å²) in [5.41, 5.74) is 5.75. The first kappa shape index (κ1) is 22.9. The van der Waals surface area contributed by atoms with Gasteiger partial charge in [-0.05, 0) is 24.1 Å². The number of pyridine rings is 1. The lowest BCUT2D eigenvalue weighted by molar-refractivity contribution is -0.129. The largest absolute Gasteiger partial charge is 0.384 e. The van der Waals surface area contributed by atoms with Gasteiger partial charge in [-0.3, -0.25) is 19.2 Å². The highest BCUT2D eigenvalue weighted by Crippen LogP contribution is 2.34. The van der Waals surface area contributed by atoms with E-state index in [1.807, 2.05) is 15.5 Å². The van der Waals surface area contributed by atoms with Crippen LogP contribution in [-0.4, -0.2) is 69.4 Å². The highest BCUT2D eigenvalue weighted by Gasteiger charge is 2.25. The van der Waals surface area contributed by atoms with Crippen LogP contribution in [0.4, 0.5) is 17.2 Å². The molecular weight excluding hydrogens is 499 g/mol. The molecule has 36 heavy (non-hydrogen) atoms. The minimum atomic E-state index is 0.0229. The molecule has 0 bridgehead atoms. The van der Waals surface area contributed by atoms with Crippen LogP contribution in [0.5, 0.6) is 0 Å². The fourth-order valence-corrected chi connectivity index (χ4v) is 5.49. The van der Waals surface area contributed by atoms with Gasteiger partial charge in [0.1, 0.15) is 11.5 Å². The highest BCUT2D eigenvalue weighted by atomic mass is 35.5. The Bertz CT molecular complexity index is 1430. The number of benzene rings is 1. The van der Waals surface area contributed by atoms with E-state index in [0.29, 0.717) is 36.2 Å². The van der Waals surface area contributed by atoms with Crippen LogP contribution in [0.1, 0.15) is 5.56 Å². The molecule has 0 unspecified atom stereocenters. The summed E-state index contributed by atoms with van der Waals surface area (Å²) < 4.78 is 1.94. The fraction of sp³-hybridized carbons (Fsp3) is 0.280. The highest BCUT2D eigenvalue weighted by molar-refractivity contribution is 6.38. The zero-order valence-electron chi connectivity index (χ0n) is 19.4. The van der Waals surface area contributed by atoms with Crippen LogP contribution in [0, 0.1) is 0 Å². The van der Waals surface area contributed by atoms with Crippen LogP contribution in [0.2, 0.25) is 10.0 Å². The molecule has 4 aromatic rings. The van der Waals surface area contributed by atoms with Crippen molar-refractivity contribution < 1.29 is 4.79 Å². The van der Waals surface area contributed by atoms with Crippen molar-refractivity contribution in [2.24, 2.45) is 0 Å². The number of rotatable bonds is 5. The number of nitrogens with one attached hydrogen (secondary N) is 2. The number of nitrogens with zero attached hydrogens (tertiary/aromatic N) is 6. The van der Waals surface area contributed by atoms with Crippen LogP contribution in [0.15, 0.2) is 49.2 Å². The van der Waals surface area contributed by atoms with Gasteiger partial charge in [0.25, 0.3) is 0 Å². The van der Waals surface area contributed by atoms with Crippen molar-refractivity contribution in [3.05, 3.63) is 64.8 Å². The van der Waals surface area contributed by atoms with E-state index in [9.17, 15) is 4.79 Å². The molecule has 2 aliphatic rings. The van der Waals surface area contributed by atoms with E-state index in [-0.39, 0.29) is 12.5 Å². The molecular formula is C25H24Cl2N8O. The lowest BCUT2D eigenvalue weighted by atomic mass is 10.1. The average Bonchev–Trinajstić information content (AvgIpc) is 3.51. The third-order valence-corrected chi connectivity index (χ3v) is 7.26. The van der Waals surface area contributed by atoms with E-state index in [2.05, 4.69) is 43.7 Å². The monoisotopic (exact) mass is 522 g/mol. The summed E-state index contributed by atoms with van der Waals surface area (Å²) in [5.74, 6) is 0.801. The van der Waals surface area contributed by atoms with Crippen molar-refractivity contribution in [3.63, 3.8) is 0 Å². The van der Waals surface area contributed by atoms with Crippen molar-refractivity contribution in [2.45, 2.75) is 6.42 Å². The van der Waals surface area contributed by atoms with Gasteiger partial charge in [-0.1, -0.05) is 29.3 Å². The SMILES string of the molecule is O=C(CNc1c(-c2ccc3c(c2)CCN3)nc2cnccn12)N1CCN(c2c(Cl)cncc2Cl)CC1. The number of anilines is 3. The van der Waals surface area contributed by atoms with Gasteiger partial charge in [0.2, 0.25) is 5.91 Å². The quantitative estimate of drug-likeness (QED) is 0.411. The summed E-state index contributed by atoms with van der Waals surface area (Å²) >= 11 is 12.6. The number of imidazole rings is 1. The van der Waals surface area contributed by atoms with Crippen LogP contribution < -0.4 is 15.5 Å². The molecule has 0 spiro atoms. The average molecular weight is 523 g/mol. The summed E-state index contributed by atoms with van der Waals surface area (Å²) in [4.78, 5) is 30.1. The third-order valence-electron chi connectivity index (χ3n) is 6.70. The van der Waals surface area contributed by atoms with E-state index >= 15 is 0 Å². The first-order chi connectivity index (χ1) is 17.6. The van der Waals surface area contributed by atoms with Crippen LogP contribution in [0.3, 0.4) is 0 Å². The van der Waals surface area contributed by atoms with Crippen LogP contribution >= 0.6 is 23.2 Å². The lowest BCUT2D eigenvalue weighted by Crippen LogP contribution is -2.50. The number of hydrogen-bond acceptors (Lipinski definition) is 7. The Labute approximate surface area is 218 Å². The maximum absolute atomic E-state index is 13.1. The molecule has 5 heterocycles. The summed E-state index contributed by atoms with van der Waals surface area (Å²) in [7, 11) is 0. The second kappa shape index (κ2) is 9.48. The smallest absolute Gasteiger partial charge is 0.242 e. The molecule has 0 aliphatic carbocycles. The fourth-order valence-electron chi connectivity index (χ4n) is 4.89. The van der Waals surface area contributed by atoms with Gasteiger partial charge in [0, 0.05) is 68.8 Å². The van der Waals surface area contributed by atoms with Crippen LogP contribution in [0.25, 0.3) is 16.9 Å². The molecule has 2 aliphatic heterocycles. The first-order valence-electron chi connectivity index (χ1n) is 11.8. The number of hydrogen-bond donors (Lipinski definition) is 2. The maximum Gasteiger partial charge on any atom is 0.242 e. The standard InChI is InChI=1S/C25H24Cl2N8O/c26-18-12-29-13-19(27)24(18)34-9-7-33(8-10-34)22(36)15-31-25-23(32-21-14-28-5-6-35(21)25)17-1-2-20-16(11-17)3-4-30-20/h1-2,5-6,11-14,30-31H,3-4,7-10,15H2. The molecule has 11 heteroatoms. The van der Waals surface area contributed by atoms with Crippen molar-refractivity contribution in [3.8, 4) is 11.3 Å². The number of carbonyl (C=O) groups excluding carboxylic acids is 1. The second-order valence-electron chi connectivity index (χ2n) is 8.84. The molecule has 9 nitrogen and oxygen atoms in total. The number of fused-ring (bicyclic) bond motifs is 2. The van der Waals surface area contributed by atoms with Crippen LogP contribution in [-0.2, 0) is 11.2 Å². The number of piperazine rings is 1. The van der Waals surface area contributed by atoms with Crippen molar-refractivity contribution in [1.82, 2.24) is 24.3 Å². The summed E-state index contributed by atoms with van der Waals surface area (Å²) in [5, 5.41) is 7.79. The molecule has 6 rings (SSSR count). The van der Waals surface area contributed by atoms with E-state index in [1.165, 1.54) is 11.3 Å². The van der Waals surface area contributed by atoms with E-state index in [4.69, 9.17) is 28.2 Å². The predicted molar refractivity (Wildman–Crippen MR) is 142 cm³/mol. The molecule has 1 fully saturated rings. The molecule has 1 aromatic carbocycles. The Kier molecular flexibility index (Phi) is 6.02. The second-order valence-corrected chi connectivity index (χ2v) is 9.65. The maximum atomic E-state index is 13.1. The van der Waals surface area contributed by atoms with Gasteiger partial charge >= 0.3 is 0 Å². The molecule has 1 amide bonds. The van der Waals surface area contributed by atoms with Crippen molar-refractivity contribution in [2.75, 3.05) is 54.8 Å². The molecule has 184 valence electrons. The van der Waals surface area contributed by atoms with Gasteiger partial charge in [-0.15, -0.1) is 0 Å². The predicted octanol–water partition coefficient (Wildman–Crippen LogP) is 3.83. The lowest BCUT2D eigenvalue weighted by Gasteiger charge is -2.36. The minimum Gasteiger partial charge on any atom is -0.384 e. The zero-order chi connectivity index (χ0) is 24.6. The summed E-state index contributed by atoms with van der Waals surface area (Å²) in [6.45, 7) is 3.55. The summed E-state index contributed by atoms with van der Waals surface area (Å²) in [6.07, 6.45) is 9.46. The Morgan fingerprint density at radius 3 is 2.67 bits per heavy atom. The van der Waals surface area contributed by atoms with Gasteiger partial charge in [-0.2, -0.15) is 0 Å². The minimum absolute atomic E-state index is 0.0229. The molecule has 2 N–H and O–H groups in total. The molecule has 3 aromatic heterocycles. The molecule has 0 saturated carbocycles. The first-order valence-corrected chi connectivity index (χ1v) is 12.6. The number of aromatic nitrogens is 4. The number of amides is 1. The molecule has 0 radical (unpaired) electrons. The number of carbonyl (C=O) groups is 1. The Morgan fingerprint density at radius 1 is 1.06 bits per heavy atom. The number of halogens is 2. The van der Waals surface area contributed by atoms with Crippen molar-refractivity contribution in [1.29, 1.82) is 0 Å². The van der Waals surface area contributed by atoms with Gasteiger partial charge in [0.15, 0.2) is 5.65 Å². The topological polar surface area (TPSA) is 90.7 Å².